The Labute approximate surface area is 153 Å². The van der Waals surface area contributed by atoms with E-state index in [4.69, 9.17) is 0 Å². The Kier molecular flexibility index (Phi) is 5.98. The van der Waals surface area contributed by atoms with E-state index in [1.807, 2.05) is 32.3 Å². The first-order valence-electron chi connectivity index (χ1n) is 8.25. The first-order chi connectivity index (χ1) is 11.5. The van der Waals surface area contributed by atoms with Gasteiger partial charge in [0.05, 0.1) is 16.8 Å². The molecule has 1 saturated heterocycles. The summed E-state index contributed by atoms with van der Waals surface area (Å²) in [6.45, 7) is 11.8. The number of nitrogens with zero attached hydrogens (tertiary/aromatic N) is 3. The Morgan fingerprint density at radius 3 is 2.68 bits per heavy atom. The van der Waals surface area contributed by atoms with Gasteiger partial charge in [-0.3, -0.25) is 4.79 Å². The summed E-state index contributed by atoms with van der Waals surface area (Å²) in [4.78, 5) is 12.3. The highest BCUT2D eigenvalue weighted by atomic mass is 32.2. The maximum absolute atomic E-state index is 12.3. The number of hydrogen-bond acceptors (Lipinski definition) is 6. The summed E-state index contributed by atoms with van der Waals surface area (Å²) >= 11 is 1.32. The molecule has 0 aromatic carbocycles. The smallest absolute Gasteiger partial charge is 0.233 e. The molecular weight excluding hydrogens is 360 g/mol. The number of sulfone groups is 1. The minimum Gasteiger partial charge on any atom is -0.351 e. The van der Waals surface area contributed by atoms with E-state index in [1.54, 1.807) is 6.08 Å². The van der Waals surface area contributed by atoms with Crippen LogP contribution in [0.25, 0.3) is 0 Å². The highest BCUT2D eigenvalue weighted by Gasteiger charge is 2.33. The lowest BCUT2D eigenvalue weighted by Gasteiger charge is -2.23. The van der Waals surface area contributed by atoms with Crippen LogP contribution in [0.3, 0.4) is 0 Å². The van der Waals surface area contributed by atoms with Crippen LogP contribution in [0.1, 0.15) is 45.9 Å². The molecule has 2 heterocycles. The van der Waals surface area contributed by atoms with Crippen LogP contribution in [-0.2, 0) is 21.2 Å². The molecule has 7 nitrogen and oxygen atoms in total. The van der Waals surface area contributed by atoms with E-state index in [9.17, 15) is 13.2 Å². The zero-order chi connectivity index (χ0) is 18.8. The average Bonchev–Trinajstić information content (AvgIpc) is 3.01. The number of rotatable bonds is 6. The van der Waals surface area contributed by atoms with Crippen molar-refractivity contribution in [2.45, 2.75) is 62.5 Å². The predicted octanol–water partition coefficient (Wildman–Crippen LogP) is 1.76. The molecule has 0 aliphatic carbocycles. The minimum absolute atomic E-state index is 0.0735. The molecule has 1 aromatic heterocycles. The Morgan fingerprint density at radius 1 is 1.48 bits per heavy atom. The van der Waals surface area contributed by atoms with E-state index in [-0.39, 0.29) is 34.1 Å². The topological polar surface area (TPSA) is 93.9 Å². The van der Waals surface area contributed by atoms with Gasteiger partial charge in [0, 0.05) is 18.0 Å². The molecule has 1 N–H and O–H groups in total. The summed E-state index contributed by atoms with van der Waals surface area (Å²) in [6.07, 6.45) is 2.28. The number of thioether (sulfide) groups is 1. The van der Waals surface area contributed by atoms with E-state index < -0.39 is 9.84 Å². The molecule has 1 aromatic rings. The normalized spacial score (nSPS) is 21.0. The number of aromatic nitrogens is 3. The number of nitrogens with one attached hydrogen (secondary N) is 1. The highest BCUT2D eigenvalue weighted by molar-refractivity contribution is 8.00. The van der Waals surface area contributed by atoms with Gasteiger partial charge < -0.3 is 9.88 Å². The second-order valence-corrected chi connectivity index (χ2v) is 10.9. The van der Waals surface area contributed by atoms with Crippen molar-refractivity contribution < 1.29 is 13.2 Å². The van der Waals surface area contributed by atoms with Gasteiger partial charge in [-0.2, -0.15) is 0 Å². The van der Waals surface area contributed by atoms with Crippen molar-refractivity contribution in [3.63, 3.8) is 0 Å². The number of carbonyl (C=O) groups is 1. The third-order valence-electron chi connectivity index (χ3n) is 3.80. The third kappa shape index (κ3) is 5.31. The van der Waals surface area contributed by atoms with Crippen molar-refractivity contribution in [3.8, 4) is 0 Å². The number of allylic oxidation sites excluding steroid dienone is 1. The van der Waals surface area contributed by atoms with Crippen LogP contribution in [0.15, 0.2) is 17.8 Å². The molecule has 2 rings (SSSR count). The maximum atomic E-state index is 12.3. The third-order valence-corrected chi connectivity index (χ3v) is 6.65. The molecule has 0 spiro atoms. The van der Waals surface area contributed by atoms with Crippen molar-refractivity contribution in [3.05, 3.63) is 18.5 Å². The summed E-state index contributed by atoms with van der Waals surface area (Å²) < 4.78 is 25.4. The number of carbonyl (C=O) groups excluding carboxylic acids is 1. The molecule has 25 heavy (non-hydrogen) atoms. The van der Waals surface area contributed by atoms with Crippen LogP contribution in [0.2, 0.25) is 0 Å². The van der Waals surface area contributed by atoms with Crippen molar-refractivity contribution >= 4 is 27.5 Å². The van der Waals surface area contributed by atoms with Gasteiger partial charge in [0.1, 0.15) is 5.82 Å². The van der Waals surface area contributed by atoms with Gasteiger partial charge in [-0.05, 0) is 34.1 Å². The predicted molar refractivity (Wildman–Crippen MR) is 99.4 cm³/mol. The lowest BCUT2D eigenvalue weighted by Crippen LogP contribution is -2.44. The molecule has 9 heteroatoms. The fourth-order valence-corrected chi connectivity index (χ4v) is 5.28. The molecule has 2 atom stereocenters. The minimum atomic E-state index is -3.00. The fraction of sp³-hybridized carbons (Fsp3) is 0.688. The van der Waals surface area contributed by atoms with Crippen LogP contribution in [0.4, 0.5) is 0 Å². The molecule has 0 unspecified atom stereocenters. The van der Waals surface area contributed by atoms with Crippen LogP contribution in [0.5, 0.6) is 0 Å². The van der Waals surface area contributed by atoms with Gasteiger partial charge in [-0.1, -0.05) is 17.8 Å². The molecule has 0 radical (unpaired) electrons. The highest BCUT2D eigenvalue weighted by Crippen LogP contribution is 2.31. The first-order valence-corrected chi connectivity index (χ1v) is 11.0. The molecule has 140 valence electrons. The van der Waals surface area contributed by atoms with E-state index in [0.29, 0.717) is 23.9 Å². The van der Waals surface area contributed by atoms with Gasteiger partial charge in [0.2, 0.25) is 5.91 Å². The molecule has 1 amide bonds. The monoisotopic (exact) mass is 386 g/mol. The van der Waals surface area contributed by atoms with E-state index in [1.165, 1.54) is 11.8 Å². The number of amides is 1. The quantitative estimate of drug-likeness (QED) is 0.591. The molecular formula is C16H26N4O3S2. The van der Waals surface area contributed by atoms with Crippen molar-refractivity contribution in [1.29, 1.82) is 0 Å². The van der Waals surface area contributed by atoms with E-state index in [0.717, 1.165) is 0 Å². The Balaban J connectivity index is 2.18. The lowest BCUT2D eigenvalue weighted by molar-refractivity contribution is -0.121. The zero-order valence-corrected chi connectivity index (χ0v) is 16.8. The largest absolute Gasteiger partial charge is 0.351 e. The lowest BCUT2D eigenvalue weighted by atomic mass is 10.1. The standard InChI is InChI=1S/C16H26N4O3S2/c1-6-8-20-13(12-7-9-25(22,23)10-12)18-19-15(20)24-11(2)14(21)17-16(3,4)5/h6,11-12H,1,7-10H2,2-5H3,(H,17,21)/t11-,12-/m1/s1. The van der Waals surface area contributed by atoms with Gasteiger partial charge >= 0.3 is 0 Å². The Morgan fingerprint density at radius 2 is 2.16 bits per heavy atom. The van der Waals surface area contributed by atoms with Crippen molar-refractivity contribution in [2.24, 2.45) is 0 Å². The fourth-order valence-electron chi connectivity index (χ4n) is 2.67. The second-order valence-electron chi connectivity index (χ2n) is 7.34. The Hall–Kier alpha value is -1.35. The van der Waals surface area contributed by atoms with Gasteiger partial charge in [-0.15, -0.1) is 16.8 Å². The van der Waals surface area contributed by atoms with Crippen LogP contribution >= 0.6 is 11.8 Å². The molecule has 0 saturated carbocycles. The van der Waals surface area contributed by atoms with Gasteiger partial charge in [0.15, 0.2) is 15.0 Å². The van der Waals surface area contributed by atoms with Gasteiger partial charge in [0.25, 0.3) is 0 Å². The van der Waals surface area contributed by atoms with E-state index in [2.05, 4.69) is 22.1 Å². The van der Waals surface area contributed by atoms with Crippen molar-refractivity contribution in [2.75, 3.05) is 11.5 Å². The first kappa shape index (κ1) is 20.0. The molecule has 1 fully saturated rings. The van der Waals surface area contributed by atoms with Crippen LogP contribution in [0, 0.1) is 0 Å². The zero-order valence-electron chi connectivity index (χ0n) is 15.2. The second kappa shape index (κ2) is 7.49. The summed E-state index contributed by atoms with van der Waals surface area (Å²) in [5, 5.41) is 11.6. The maximum Gasteiger partial charge on any atom is 0.233 e. The SMILES string of the molecule is C=CCn1c(S[C@H](C)C(=O)NC(C)(C)C)nnc1[C@@H]1CCS(=O)(=O)C1. The van der Waals surface area contributed by atoms with Crippen LogP contribution in [-0.4, -0.2) is 51.4 Å². The summed E-state index contributed by atoms with van der Waals surface area (Å²) in [5.74, 6) is 0.728. The summed E-state index contributed by atoms with van der Waals surface area (Å²) in [5.41, 5.74) is -0.302. The molecule has 1 aliphatic heterocycles. The van der Waals surface area contributed by atoms with E-state index >= 15 is 0 Å². The van der Waals surface area contributed by atoms with Crippen LogP contribution < -0.4 is 5.32 Å². The van der Waals surface area contributed by atoms with Crippen molar-refractivity contribution in [1.82, 2.24) is 20.1 Å². The Bertz CT molecular complexity index is 750. The average molecular weight is 387 g/mol. The molecule has 1 aliphatic rings. The summed E-state index contributed by atoms with van der Waals surface area (Å²) in [6, 6.07) is 0. The van der Waals surface area contributed by atoms with Gasteiger partial charge in [-0.25, -0.2) is 8.42 Å². The molecule has 0 bridgehead atoms. The number of hydrogen-bond donors (Lipinski definition) is 1. The summed E-state index contributed by atoms with van der Waals surface area (Å²) in [7, 11) is -3.00.